The van der Waals surface area contributed by atoms with Crippen LogP contribution < -0.4 is 14.8 Å². The predicted molar refractivity (Wildman–Crippen MR) is 160 cm³/mol. The van der Waals surface area contributed by atoms with E-state index in [4.69, 9.17) is 14.5 Å². The van der Waals surface area contributed by atoms with Crippen LogP contribution in [0, 0.1) is 12.8 Å². The minimum atomic E-state index is 0.287. The van der Waals surface area contributed by atoms with E-state index < -0.39 is 0 Å². The Morgan fingerprint density at radius 1 is 0.897 bits per heavy atom. The fourth-order valence-electron chi connectivity index (χ4n) is 5.69. The highest BCUT2D eigenvalue weighted by atomic mass is 16.5. The molecule has 0 amide bonds. The lowest BCUT2D eigenvalue weighted by Gasteiger charge is -2.37. The summed E-state index contributed by atoms with van der Waals surface area (Å²) in [7, 11) is 0. The second-order valence-corrected chi connectivity index (χ2v) is 10.3. The molecule has 4 heteroatoms. The molecule has 1 aliphatic carbocycles. The lowest BCUT2D eigenvalue weighted by atomic mass is 9.76. The number of rotatable bonds is 8. The molecule has 0 unspecified atom stereocenters. The summed E-state index contributed by atoms with van der Waals surface area (Å²) in [4.78, 5) is 4.75. The molecule has 0 spiro atoms. The van der Waals surface area contributed by atoms with Crippen molar-refractivity contribution in [1.82, 2.24) is 0 Å². The number of aryl methyl sites for hydroxylation is 1. The molecular formula is C35H34N2O2. The van der Waals surface area contributed by atoms with Crippen LogP contribution in [0.15, 0.2) is 108 Å². The number of aliphatic imine (C=N–C) groups is 1. The lowest BCUT2D eigenvalue weighted by Crippen LogP contribution is -2.29. The normalized spacial score (nSPS) is 19.4. The van der Waals surface area contributed by atoms with Crippen molar-refractivity contribution in [2.24, 2.45) is 10.9 Å². The van der Waals surface area contributed by atoms with Crippen molar-refractivity contribution in [2.45, 2.75) is 38.8 Å². The largest absolute Gasteiger partial charge is 0.490 e. The van der Waals surface area contributed by atoms with Crippen LogP contribution in [0.3, 0.4) is 0 Å². The summed E-state index contributed by atoms with van der Waals surface area (Å²) in [5.41, 5.74) is 8.31. The van der Waals surface area contributed by atoms with Gasteiger partial charge in [0.25, 0.3) is 0 Å². The molecule has 0 saturated heterocycles. The lowest BCUT2D eigenvalue weighted by molar-refractivity contribution is 0.269. The van der Waals surface area contributed by atoms with E-state index >= 15 is 0 Å². The molecule has 1 N–H and O–H groups in total. The first-order chi connectivity index (χ1) is 19.2. The van der Waals surface area contributed by atoms with E-state index in [0.29, 0.717) is 25.0 Å². The Bertz CT molecular complexity index is 1490. The van der Waals surface area contributed by atoms with Gasteiger partial charge in [-0.15, -0.1) is 0 Å². The van der Waals surface area contributed by atoms with Crippen molar-refractivity contribution in [1.29, 1.82) is 0 Å². The van der Waals surface area contributed by atoms with Gasteiger partial charge in [-0.2, -0.15) is 0 Å². The molecule has 3 atom stereocenters. The SMILES string of the molecule is CCOc1cc(C=Nc2ccc([C@@H]3Nc4ccc(C)cc4[C@H]4C=CC[C@@H]43)cc2)ccc1OCc1ccccc1. The van der Waals surface area contributed by atoms with Crippen LogP contribution in [0.4, 0.5) is 11.4 Å². The monoisotopic (exact) mass is 514 g/mol. The summed E-state index contributed by atoms with van der Waals surface area (Å²) >= 11 is 0. The average molecular weight is 515 g/mol. The van der Waals surface area contributed by atoms with Gasteiger partial charge in [-0.05, 0) is 84.8 Å². The van der Waals surface area contributed by atoms with Crippen molar-refractivity contribution in [3.63, 3.8) is 0 Å². The zero-order chi connectivity index (χ0) is 26.6. The molecule has 196 valence electrons. The minimum Gasteiger partial charge on any atom is -0.490 e. The number of anilines is 1. The summed E-state index contributed by atoms with van der Waals surface area (Å²) in [5.74, 6) is 2.47. The van der Waals surface area contributed by atoms with Gasteiger partial charge in [-0.1, -0.05) is 72.3 Å². The summed E-state index contributed by atoms with van der Waals surface area (Å²) in [5, 5.41) is 3.83. The van der Waals surface area contributed by atoms with Crippen LogP contribution >= 0.6 is 0 Å². The summed E-state index contributed by atoms with van der Waals surface area (Å²) < 4.78 is 11.9. The number of fused-ring (bicyclic) bond motifs is 3. The Morgan fingerprint density at radius 2 is 1.74 bits per heavy atom. The molecule has 0 radical (unpaired) electrons. The number of allylic oxidation sites excluding steroid dienone is 2. The van der Waals surface area contributed by atoms with Gasteiger partial charge in [0.1, 0.15) is 6.61 Å². The van der Waals surface area contributed by atoms with Crippen LogP contribution in [0.5, 0.6) is 11.5 Å². The van der Waals surface area contributed by atoms with Crippen molar-refractivity contribution < 1.29 is 9.47 Å². The van der Waals surface area contributed by atoms with E-state index in [-0.39, 0.29) is 6.04 Å². The van der Waals surface area contributed by atoms with Gasteiger partial charge in [0.2, 0.25) is 0 Å². The van der Waals surface area contributed by atoms with Gasteiger partial charge in [-0.25, -0.2) is 0 Å². The fraction of sp³-hybridized carbons (Fsp3) is 0.229. The molecule has 1 heterocycles. The summed E-state index contributed by atoms with van der Waals surface area (Å²) in [6.45, 7) is 5.22. The predicted octanol–water partition coefficient (Wildman–Crippen LogP) is 8.55. The van der Waals surface area contributed by atoms with Crippen molar-refractivity contribution in [3.05, 3.63) is 131 Å². The Kier molecular flexibility index (Phi) is 7.18. The van der Waals surface area contributed by atoms with Gasteiger partial charge in [-0.3, -0.25) is 4.99 Å². The van der Waals surface area contributed by atoms with Crippen LogP contribution in [-0.4, -0.2) is 12.8 Å². The van der Waals surface area contributed by atoms with E-state index in [9.17, 15) is 0 Å². The highest BCUT2D eigenvalue weighted by Crippen LogP contribution is 2.50. The topological polar surface area (TPSA) is 42.8 Å². The van der Waals surface area contributed by atoms with E-state index in [0.717, 1.165) is 34.7 Å². The average Bonchev–Trinajstić information content (AvgIpc) is 3.47. The quantitative estimate of drug-likeness (QED) is 0.189. The van der Waals surface area contributed by atoms with E-state index in [2.05, 4.69) is 79.0 Å². The Morgan fingerprint density at radius 3 is 2.56 bits per heavy atom. The minimum absolute atomic E-state index is 0.287. The first kappa shape index (κ1) is 25.0. The van der Waals surface area contributed by atoms with Crippen LogP contribution in [-0.2, 0) is 6.61 Å². The number of ether oxygens (including phenoxy) is 2. The maximum atomic E-state index is 6.04. The molecule has 6 rings (SSSR count). The molecule has 0 bridgehead atoms. The number of nitrogens with zero attached hydrogens (tertiary/aromatic N) is 1. The van der Waals surface area contributed by atoms with Gasteiger partial charge in [0, 0.05) is 17.8 Å². The third-order valence-electron chi connectivity index (χ3n) is 7.64. The Hall–Kier alpha value is -4.31. The van der Waals surface area contributed by atoms with Crippen molar-refractivity contribution in [3.8, 4) is 11.5 Å². The summed E-state index contributed by atoms with van der Waals surface area (Å²) in [6.07, 6.45) is 7.72. The second-order valence-electron chi connectivity index (χ2n) is 10.3. The third kappa shape index (κ3) is 5.46. The van der Waals surface area contributed by atoms with E-state index in [1.54, 1.807) is 0 Å². The maximum Gasteiger partial charge on any atom is 0.161 e. The second kappa shape index (κ2) is 11.2. The smallest absolute Gasteiger partial charge is 0.161 e. The van der Waals surface area contributed by atoms with Crippen LogP contribution in [0.1, 0.15) is 53.1 Å². The van der Waals surface area contributed by atoms with E-state index in [1.807, 2.05) is 49.5 Å². The molecule has 0 aromatic heterocycles. The fourth-order valence-corrected chi connectivity index (χ4v) is 5.69. The number of benzene rings is 4. The van der Waals surface area contributed by atoms with Gasteiger partial charge in [0.15, 0.2) is 11.5 Å². The first-order valence-electron chi connectivity index (χ1n) is 13.8. The van der Waals surface area contributed by atoms with Crippen molar-refractivity contribution in [2.75, 3.05) is 11.9 Å². The molecular weight excluding hydrogens is 480 g/mol. The number of hydrogen-bond acceptors (Lipinski definition) is 4. The summed E-state index contributed by atoms with van der Waals surface area (Å²) in [6, 6.07) is 31.8. The van der Waals surface area contributed by atoms with Crippen molar-refractivity contribution >= 4 is 17.6 Å². The van der Waals surface area contributed by atoms with Gasteiger partial charge in [0.05, 0.1) is 18.3 Å². The van der Waals surface area contributed by atoms with Gasteiger partial charge < -0.3 is 14.8 Å². The molecule has 0 saturated carbocycles. The highest BCUT2D eigenvalue weighted by Gasteiger charge is 2.37. The Labute approximate surface area is 231 Å². The van der Waals surface area contributed by atoms with Gasteiger partial charge >= 0.3 is 0 Å². The van der Waals surface area contributed by atoms with E-state index in [1.165, 1.54) is 22.4 Å². The highest BCUT2D eigenvalue weighted by molar-refractivity contribution is 5.83. The standard InChI is InChI=1S/C35H34N2O2/c1-3-38-34-21-26(13-19-33(34)39-23-25-8-5-4-6-9-25)22-36-28-16-14-27(15-17-28)35-30-11-7-10-29(30)31-20-24(2)12-18-32(31)37-35/h4-10,12-22,29-30,35,37H,3,11,23H2,1-2H3/t29-,30-,35-/m0/s1. The first-order valence-corrected chi connectivity index (χ1v) is 13.8. The van der Waals surface area contributed by atoms with Crippen LogP contribution in [0.25, 0.3) is 0 Å². The van der Waals surface area contributed by atoms with Crippen LogP contribution in [0.2, 0.25) is 0 Å². The molecule has 2 aliphatic rings. The third-order valence-corrected chi connectivity index (χ3v) is 7.64. The Balaban J connectivity index is 1.16. The molecule has 39 heavy (non-hydrogen) atoms. The zero-order valence-electron chi connectivity index (χ0n) is 22.5. The number of nitrogens with one attached hydrogen (secondary N) is 1. The number of hydrogen-bond donors (Lipinski definition) is 1. The molecule has 1 aliphatic heterocycles. The molecule has 4 aromatic rings. The molecule has 4 aromatic carbocycles. The zero-order valence-corrected chi connectivity index (χ0v) is 22.5. The molecule has 0 fully saturated rings. The maximum absolute atomic E-state index is 6.04. The molecule has 4 nitrogen and oxygen atoms in total.